The van der Waals surface area contributed by atoms with Gasteiger partial charge in [-0.25, -0.2) is 4.21 Å². The van der Waals surface area contributed by atoms with E-state index in [-0.39, 0.29) is 28.7 Å². The lowest BCUT2D eigenvalue weighted by atomic mass is 9.70. The predicted molar refractivity (Wildman–Crippen MR) is 208 cm³/mol. The Bertz CT molecular complexity index is 2010. The van der Waals surface area contributed by atoms with Crippen molar-refractivity contribution in [1.29, 1.82) is 0 Å². The van der Waals surface area contributed by atoms with Crippen molar-refractivity contribution in [2.45, 2.75) is 89.7 Å². The van der Waals surface area contributed by atoms with Gasteiger partial charge in [0.05, 0.1) is 42.4 Å². The molecule has 3 aliphatic heterocycles. The van der Waals surface area contributed by atoms with E-state index in [1.807, 2.05) is 29.7 Å². The molecule has 1 aliphatic carbocycles. The van der Waals surface area contributed by atoms with Crippen LogP contribution in [0.3, 0.4) is 0 Å². The van der Waals surface area contributed by atoms with E-state index >= 15 is 0 Å². The van der Waals surface area contributed by atoms with Crippen molar-refractivity contribution >= 4 is 39.0 Å². The molecular weight excluding hydrogens is 712 g/mol. The Hall–Kier alpha value is -3.64. The summed E-state index contributed by atoms with van der Waals surface area (Å²) in [5, 5.41) is 11.5. The molecule has 4 heterocycles. The third kappa shape index (κ3) is 7.55. The highest BCUT2D eigenvalue weighted by Crippen LogP contribution is 2.45. The number of anilines is 1. The fraction of sp³-hybridized carbons (Fsp3) is 0.512. The minimum absolute atomic E-state index is 0.0696. The maximum Gasteiger partial charge on any atom is 0.286 e. The molecule has 2 N–H and O–H groups in total. The van der Waals surface area contributed by atoms with Crippen molar-refractivity contribution in [2.24, 2.45) is 22.1 Å². The molecular formula is C41H51ClN4O6S. The lowest BCUT2D eigenvalue weighted by Gasteiger charge is -2.42. The van der Waals surface area contributed by atoms with Crippen LogP contribution in [0.4, 0.5) is 5.69 Å². The van der Waals surface area contributed by atoms with Gasteiger partial charge in [0.15, 0.2) is 0 Å². The molecule has 7 rings (SSSR count). The van der Waals surface area contributed by atoms with Crippen molar-refractivity contribution in [3.05, 3.63) is 93.8 Å². The highest BCUT2D eigenvalue weighted by molar-refractivity contribution is 7.93. The van der Waals surface area contributed by atoms with Crippen LogP contribution >= 0.6 is 11.6 Å². The second-order valence-corrected chi connectivity index (χ2v) is 18.2. The van der Waals surface area contributed by atoms with E-state index in [1.165, 1.54) is 11.1 Å². The molecule has 2 amide bonds. The first-order valence-electron chi connectivity index (χ1n) is 18.9. The van der Waals surface area contributed by atoms with Gasteiger partial charge >= 0.3 is 0 Å². The second-order valence-electron chi connectivity index (χ2n) is 15.5. The molecule has 1 aromatic heterocycles. The highest BCUT2D eigenvalue weighted by atomic mass is 35.5. The van der Waals surface area contributed by atoms with Crippen LogP contribution < -0.4 is 14.4 Å². The Balaban J connectivity index is 1.31. The minimum Gasteiger partial charge on any atom is -0.490 e. The summed E-state index contributed by atoms with van der Waals surface area (Å²) in [6, 6.07) is 13.2. The number of ether oxygens (including phenoxy) is 2. The van der Waals surface area contributed by atoms with E-state index in [9.17, 15) is 18.9 Å². The van der Waals surface area contributed by atoms with Gasteiger partial charge in [0, 0.05) is 47.5 Å². The SMILES string of the molecule is CC[C@H]1CN2C[C@@]3(CCCc4cc(Cl)ccc43)COc3ccc(cc32)C(=O)N=S(=O)(NC(=O)c2cc3n(c2)CCOC3)C(C)[C@@H](C)C/C=C/[C@H](O)[C@@H]1C. The first-order chi connectivity index (χ1) is 25.4. The molecule has 2 aromatic carbocycles. The molecule has 53 heavy (non-hydrogen) atoms. The van der Waals surface area contributed by atoms with E-state index in [2.05, 4.69) is 40.0 Å². The Morgan fingerprint density at radius 3 is 2.79 bits per heavy atom. The zero-order valence-corrected chi connectivity index (χ0v) is 32.6. The molecule has 0 saturated heterocycles. The molecule has 3 aromatic rings. The van der Waals surface area contributed by atoms with Crippen LogP contribution in [-0.2, 0) is 39.6 Å². The number of nitrogens with one attached hydrogen (secondary N) is 1. The molecule has 0 fully saturated rings. The summed E-state index contributed by atoms with van der Waals surface area (Å²) in [5.74, 6) is -0.769. The zero-order valence-electron chi connectivity index (χ0n) is 31.1. The monoisotopic (exact) mass is 762 g/mol. The van der Waals surface area contributed by atoms with Crippen LogP contribution in [0.2, 0.25) is 5.02 Å². The standard InChI is InChI=1S/C41H51ClN4O6S/c1-5-29-21-46-24-41(15-7-9-30-18-33(42)12-13-35(30)41)25-52-38-14-11-31(20-36(38)46)39(48)43-53(50,28(4)26(2)8-6-10-37(47)27(29)3)44-40(49)32-19-34-23-51-17-16-45(34)22-32/h6,10-14,18-20,22,26-29,37,47H,5,7-9,15-17,21,23-25H2,1-4H3,(H,43,44,48,49,50)/b10-6+/t26-,27+,28?,29-,37-,41-,53?/m0/s1. The van der Waals surface area contributed by atoms with Crippen LogP contribution in [0.25, 0.3) is 0 Å². The van der Waals surface area contributed by atoms with Crippen molar-refractivity contribution in [3.63, 3.8) is 0 Å². The van der Waals surface area contributed by atoms with Gasteiger partial charge in [-0.2, -0.15) is 0 Å². The van der Waals surface area contributed by atoms with E-state index in [0.717, 1.165) is 42.1 Å². The van der Waals surface area contributed by atoms with Crippen LogP contribution in [0, 0.1) is 17.8 Å². The van der Waals surface area contributed by atoms with Gasteiger partial charge in [-0.15, -0.1) is 4.36 Å². The Morgan fingerprint density at radius 2 is 2.00 bits per heavy atom. The van der Waals surface area contributed by atoms with E-state index in [1.54, 1.807) is 37.4 Å². The summed E-state index contributed by atoms with van der Waals surface area (Å²) in [6.45, 7) is 11.2. The normalized spacial score (nSPS) is 31.0. The summed E-state index contributed by atoms with van der Waals surface area (Å²) in [7, 11) is -3.65. The van der Waals surface area contributed by atoms with Crippen molar-refractivity contribution in [3.8, 4) is 5.75 Å². The number of fused-ring (bicyclic) bond motifs is 4. The molecule has 4 aliphatic rings. The number of amides is 2. The third-order valence-electron chi connectivity index (χ3n) is 12.1. The fourth-order valence-electron chi connectivity index (χ4n) is 8.50. The Labute approximate surface area is 318 Å². The molecule has 2 unspecified atom stereocenters. The number of hydrogen-bond donors (Lipinski definition) is 2. The molecule has 1 spiro atoms. The van der Waals surface area contributed by atoms with Crippen LogP contribution in [0.1, 0.15) is 90.9 Å². The number of aliphatic hydroxyl groups excluding tert-OH is 1. The van der Waals surface area contributed by atoms with Crippen LogP contribution in [-0.4, -0.2) is 63.4 Å². The lowest BCUT2D eigenvalue weighted by molar-refractivity contribution is 0.0850. The number of carbonyl (C=O) groups is 2. The van der Waals surface area contributed by atoms with Gasteiger partial charge in [-0.3, -0.25) is 14.3 Å². The number of aromatic nitrogens is 1. The van der Waals surface area contributed by atoms with E-state index in [0.29, 0.717) is 57.2 Å². The van der Waals surface area contributed by atoms with Gasteiger partial charge in [0.1, 0.15) is 15.7 Å². The first kappa shape index (κ1) is 37.7. The largest absolute Gasteiger partial charge is 0.490 e. The van der Waals surface area contributed by atoms with Gasteiger partial charge in [-0.1, -0.05) is 57.0 Å². The van der Waals surface area contributed by atoms with Gasteiger partial charge in [0.2, 0.25) is 0 Å². The average molecular weight is 763 g/mol. The number of hydrogen-bond acceptors (Lipinski definition) is 7. The number of aliphatic hydroxyl groups is 1. The number of benzene rings is 2. The average Bonchev–Trinajstić information content (AvgIpc) is 3.53. The van der Waals surface area contributed by atoms with E-state index < -0.39 is 33.1 Å². The lowest BCUT2D eigenvalue weighted by Crippen LogP contribution is -2.47. The maximum absolute atomic E-state index is 14.9. The van der Waals surface area contributed by atoms with Crippen LogP contribution in [0.5, 0.6) is 5.75 Å². The topological polar surface area (TPSA) is 122 Å². The molecule has 7 atom stereocenters. The number of carbonyl (C=O) groups excluding carboxylic acids is 2. The van der Waals surface area contributed by atoms with Gasteiger partial charge in [0.25, 0.3) is 11.8 Å². The van der Waals surface area contributed by atoms with Crippen molar-refractivity contribution in [1.82, 2.24) is 9.29 Å². The van der Waals surface area contributed by atoms with Crippen molar-refractivity contribution < 1.29 is 28.4 Å². The summed E-state index contributed by atoms with van der Waals surface area (Å²) in [5.41, 5.74) is 4.35. The van der Waals surface area contributed by atoms with Gasteiger partial charge < -0.3 is 24.0 Å². The smallest absolute Gasteiger partial charge is 0.286 e. The predicted octanol–water partition coefficient (Wildman–Crippen LogP) is 7.11. The Kier molecular flexibility index (Phi) is 10.8. The minimum atomic E-state index is -3.65. The highest BCUT2D eigenvalue weighted by Gasteiger charge is 2.43. The summed E-state index contributed by atoms with van der Waals surface area (Å²) >= 11 is 6.46. The second kappa shape index (κ2) is 15.2. The summed E-state index contributed by atoms with van der Waals surface area (Å²) < 4.78 is 36.1. The molecule has 284 valence electrons. The molecule has 12 heteroatoms. The summed E-state index contributed by atoms with van der Waals surface area (Å²) in [6.07, 6.45) is 8.98. The fourth-order valence-corrected chi connectivity index (χ4v) is 10.6. The zero-order chi connectivity index (χ0) is 37.5. The number of halogens is 1. The number of rotatable bonds is 3. The third-order valence-corrected chi connectivity index (χ3v) is 14.7. The molecule has 0 radical (unpaired) electrons. The first-order valence-corrected chi connectivity index (χ1v) is 20.9. The van der Waals surface area contributed by atoms with Crippen molar-refractivity contribution in [2.75, 3.05) is 31.2 Å². The van der Waals surface area contributed by atoms with Gasteiger partial charge in [-0.05, 0) is 97.9 Å². The number of aryl methyl sites for hydroxylation is 1. The Morgan fingerprint density at radius 1 is 1.17 bits per heavy atom. The van der Waals surface area contributed by atoms with Crippen LogP contribution in [0.15, 0.2) is 65.2 Å². The molecule has 10 nitrogen and oxygen atoms in total. The quantitative estimate of drug-likeness (QED) is 0.273. The number of allylic oxidation sites excluding steroid dienone is 1. The molecule has 0 saturated carbocycles. The molecule has 2 bridgehead atoms. The summed E-state index contributed by atoms with van der Waals surface area (Å²) in [4.78, 5) is 30.2. The number of nitrogens with zero attached hydrogens (tertiary/aromatic N) is 3. The van der Waals surface area contributed by atoms with E-state index in [4.69, 9.17) is 21.1 Å². The maximum atomic E-state index is 14.9.